The van der Waals surface area contributed by atoms with E-state index in [2.05, 4.69) is 40.1 Å². The molecule has 20 heavy (non-hydrogen) atoms. The number of nitrogens with one attached hydrogen (secondary N) is 4. The Hall–Kier alpha value is -0.500. The SMILES string of the molecule is CCCCCN=C(N)NC1NC(C2CNC(C)N2)CS1. The first-order valence-corrected chi connectivity index (χ1v) is 8.67. The second-order valence-electron chi connectivity index (χ2n) is 5.51. The van der Waals surface area contributed by atoms with Crippen molar-refractivity contribution in [1.29, 1.82) is 0 Å². The molecule has 0 saturated carbocycles. The van der Waals surface area contributed by atoms with E-state index in [1.807, 2.05) is 11.8 Å². The average Bonchev–Trinajstić information content (AvgIpc) is 3.04. The fourth-order valence-electron chi connectivity index (χ4n) is 2.55. The largest absolute Gasteiger partial charge is 0.370 e. The van der Waals surface area contributed by atoms with E-state index in [0.717, 1.165) is 25.3 Å². The Bertz CT molecular complexity index is 324. The van der Waals surface area contributed by atoms with Crippen molar-refractivity contribution in [3.05, 3.63) is 0 Å². The Balaban J connectivity index is 1.67. The minimum Gasteiger partial charge on any atom is -0.370 e. The summed E-state index contributed by atoms with van der Waals surface area (Å²) < 4.78 is 0. The number of nitrogens with zero attached hydrogens (tertiary/aromatic N) is 1. The lowest BCUT2D eigenvalue weighted by Gasteiger charge is -2.20. The maximum Gasteiger partial charge on any atom is 0.190 e. The van der Waals surface area contributed by atoms with Crippen LogP contribution in [-0.4, -0.2) is 48.5 Å². The number of unbranched alkanes of at least 4 members (excludes halogenated alkanes) is 2. The molecule has 6 nitrogen and oxygen atoms in total. The van der Waals surface area contributed by atoms with Crippen molar-refractivity contribution in [3.63, 3.8) is 0 Å². The van der Waals surface area contributed by atoms with Gasteiger partial charge in [-0.05, 0) is 13.3 Å². The predicted molar refractivity (Wildman–Crippen MR) is 86.7 cm³/mol. The van der Waals surface area contributed by atoms with Gasteiger partial charge in [0.1, 0.15) is 5.50 Å². The highest BCUT2D eigenvalue weighted by molar-refractivity contribution is 8.00. The van der Waals surface area contributed by atoms with Gasteiger partial charge in [-0.1, -0.05) is 19.8 Å². The van der Waals surface area contributed by atoms with Crippen LogP contribution in [0.2, 0.25) is 0 Å². The number of thioether (sulfide) groups is 1. The van der Waals surface area contributed by atoms with Crippen molar-refractivity contribution in [2.24, 2.45) is 10.7 Å². The van der Waals surface area contributed by atoms with Gasteiger partial charge in [0.15, 0.2) is 5.96 Å². The predicted octanol–water partition coefficient (Wildman–Crippen LogP) is -0.0231. The van der Waals surface area contributed by atoms with Crippen LogP contribution in [0.15, 0.2) is 4.99 Å². The summed E-state index contributed by atoms with van der Waals surface area (Å²) in [5, 5.41) is 13.8. The molecule has 116 valence electrons. The highest BCUT2D eigenvalue weighted by Gasteiger charge is 2.33. The van der Waals surface area contributed by atoms with E-state index in [4.69, 9.17) is 5.73 Å². The summed E-state index contributed by atoms with van der Waals surface area (Å²) in [5.74, 6) is 1.64. The number of guanidine groups is 1. The molecule has 0 aromatic heterocycles. The first-order chi connectivity index (χ1) is 9.69. The van der Waals surface area contributed by atoms with Crippen LogP contribution in [0, 0.1) is 0 Å². The second kappa shape index (κ2) is 8.07. The van der Waals surface area contributed by atoms with Crippen LogP contribution in [0.3, 0.4) is 0 Å². The van der Waals surface area contributed by atoms with E-state index < -0.39 is 0 Å². The van der Waals surface area contributed by atoms with Crippen LogP contribution >= 0.6 is 11.8 Å². The fraction of sp³-hybridized carbons (Fsp3) is 0.923. The Morgan fingerprint density at radius 1 is 1.35 bits per heavy atom. The van der Waals surface area contributed by atoms with Gasteiger partial charge >= 0.3 is 0 Å². The average molecular weight is 300 g/mol. The Kier molecular flexibility index (Phi) is 6.41. The zero-order valence-electron chi connectivity index (χ0n) is 12.5. The lowest BCUT2D eigenvalue weighted by Crippen LogP contribution is -2.51. The third kappa shape index (κ3) is 4.80. The van der Waals surface area contributed by atoms with Crippen LogP contribution in [-0.2, 0) is 0 Å². The zero-order chi connectivity index (χ0) is 14.4. The lowest BCUT2D eigenvalue weighted by atomic mass is 10.1. The smallest absolute Gasteiger partial charge is 0.190 e. The van der Waals surface area contributed by atoms with Gasteiger partial charge in [0.25, 0.3) is 0 Å². The van der Waals surface area contributed by atoms with E-state index in [0.29, 0.717) is 24.2 Å². The van der Waals surface area contributed by atoms with Crippen LogP contribution in [0.1, 0.15) is 33.1 Å². The van der Waals surface area contributed by atoms with Gasteiger partial charge in [0, 0.05) is 30.9 Å². The van der Waals surface area contributed by atoms with Gasteiger partial charge in [0.05, 0.1) is 6.17 Å². The molecule has 4 unspecified atom stereocenters. The number of rotatable bonds is 6. The van der Waals surface area contributed by atoms with Gasteiger partial charge in [-0.15, -0.1) is 11.8 Å². The molecule has 2 rings (SSSR count). The summed E-state index contributed by atoms with van der Waals surface area (Å²) in [6, 6.07) is 0.967. The van der Waals surface area contributed by atoms with E-state index in [9.17, 15) is 0 Å². The molecule has 0 spiro atoms. The third-order valence-electron chi connectivity index (χ3n) is 3.72. The van der Waals surface area contributed by atoms with Crippen LogP contribution < -0.4 is 27.0 Å². The molecule has 0 radical (unpaired) electrons. The molecular weight excluding hydrogens is 272 g/mol. The summed E-state index contributed by atoms with van der Waals surface area (Å²) in [7, 11) is 0. The number of hydrogen-bond donors (Lipinski definition) is 5. The van der Waals surface area contributed by atoms with Gasteiger partial charge < -0.3 is 16.4 Å². The van der Waals surface area contributed by atoms with Gasteiger partial charge in [-0.2, -0.15) is 0 Å². The van der Waals surface area contributed by atoms with Gasteiger partial charge in [-0.25, -0.2) is 0 Å². The summed E-state index contributed by atoms with van der Waals surface area (Å²) in [6.07, 6.45) is 3.95. The van der Waals surface area contributed by atoms with E-state index >= 15 is 0 Å². The van der Waals surface area contributed by atoms with Crippen molar-refractivity contribution in [2.45, 2.75) is 56.9 Å². The molecule has 2 heterocycles. The molecule has 0 bridgehead atoms. The van der Waals surface area contributed by atoms with Crippen molar-refractivity contribution in [2.75, 3.05) is 18.8 Å². The maximum absolute atomic E-state index is 5.91. The van der Waals surface area contributed by atoms with Crippen LogP contribution in [0.5, 0.6) is 0 Å². The molecular formula is C13H28N6S. The molecule has 6 N–H and O–H groups in total. The quantitative estimate of drug-likeness (QED) is 0.269. The fourth-order valence-corrected chi connectivity index (χ4v) is 3.75. The van der Waals surface area contributed by atoms with Crippen LogP contribution in [0.4, 0.5) is 0 Å². The lowest BCUT2D eigenvalue weighted by molar-refractivity contribution is 0.433. The molecule has 0 amide bonds. The number of aliphatic imine (C=N–C) groups is 1. The van der Waals surface area contributed by atoms with Gasteiger partial charge in [0.2, 0.25) is 0 Å². The van der Waals surface area contributed by atoms with E-state index in [1.165, 1.54) is 12.8 Å². The van der Waals surface area contributed by atoms with E-state index in [-0.39, 0.29) is 5.50 Å². The van der Waals surface area contributed by atoms with Gasteiger partial charge in [-0.3, -0.25) is 15.6 Å². The minimum atomic E-state index is 0.174. The highest BCUT2D eigenvalue weighted by atomic mass is 32.2. The summed E-state index contributed by atoms with van der Waals surface area (Å²) >= 11 is 1.86. The molecule has 4 atom stereocenters. The van der Waals surface area contributed by atoms with Crippen molar-refractivity contribution in [3.8, 4) is 0 Å². The van der Waals surface area contributed by atoms with Crippen molar-refractivity contribution < 1.29 is 0 Å². The molecule has 0 aromatic carbocycles. The number of hydrogen-bond acceptors (Lipinski definition) is 5. The maximum atomic E-state index is 5.91. The Morgan fingerprint density at radius 3 is 2.90 bits per heavy atom. The summed E-state index contributed by atoms with van der Waals surface area (Å²) in [6.45, 7) is 6.18. The van der Waals surface area contributed by atoms with E-state index in [1.54, 1.807) is 0 Å². The minimum absolute atomic E-state index is 0.174. The van der Waals surface area contributed by atoms with Crippen molar-refractivity contribution >= 4 is 17.7 Å². The van der Waals surface area contributed by atoms with Crippen LogP contribution in [0.25, 0.3) is 0 Å². The standard InChI is InChI=1S/C13H28N6S/c1-3-4-5-6-15-12(14)19-13-18-11(8-20-13)10-7-16-9(2)17-10/h9-11,13,16-18H,3-8H2,1-2H3,(H3,14,15,19). The monoisotopic (exact) mass is 300 g/mol. The first kappa shape index (κ1) is 15.9. The Morgan fingerprint density at radius 2 is 2.20 bits per heavy atom. The topological polar surface area (TPSA) is 86.5 Å². The molecule has 7 heteroatoms. The normalized spacial score (nSPS) is 34.6. The number of nitrogens with two attached hydrogens (primary N) is 1. The van der Waals surface area contributed by atoms with Crippen molar-refractivity contribution in [1.82, 2.24) is 21.3 Å². The second-order valence-corrected chi connectivity index (χ2v) is 6.65. The molecule has 2 aliphatic heterocycles. The molecule has 2 aliphatic rings. The summed E-state index contributed by atoms with van der Waals surface area (Å²) in [5.41, 5.74) is 6.09. The molecule has 2 fully saturated rings. The molecule has 0 aliphatic carbocycles. The zero-order valence-corrected chi connectivity index (χ0v) is 13.3. The molecule has 2 saturated heterocycles. The molecule has 0 aromatic rings. The highest BCUT2D eigenvalue weighted by Crippen LogP contribution is 2.19. The Labute approximate surface area is 126 Å². The first-order valence-electron chi connectivity index (χ1n) is 7.62. The third-order valence-corrected chi connectivity index (χ3v) is 4.86. The summed E-state index contributed by atoms with van der Waals surface area (Å²) in [4.78, 5) is 4.36.